The minimum absolute atomic E-state index is 0.0626. The van der Waals surface area contributed by atoms with E-state index in [9.17, 15) is 14.7 Å². The van der Waals surface area contributed by atoms with E-state index < -0.39 is 12.1 Å². The van der Waals surface area contributed by atoms with Gasteiger partial charge in [-0.3, -0.25) is 9.59 Å². The zero-order chi connectivity index (χ0) is 23.2. The molecule has 1 heterocycles. The van der Waals surface area contributed by atoms with Gasteiger partial charge in [0.25, 0.3) is 5.91 Å². The zero-order valence-electron chi connectivity index (χ0n) is 18.0. The van der Waals surface area contributed by atoms with Crippen molar-refractivity contribution in [3.05, 3.63) is 107 Å². The molecule has 2 N–H and O–H groups in total. The van der Waals surface area contributed by atoms with E-state index in [1.807, 2.05) is 60.7 Å². The Bertz CT molecular complexity index is 1130. The summed E-state index contributed by atoms with van der Waals surface area (Å²) in [6, 6.07) is 25.7. The second kappa shape index (κ2) is 10.5. The topological polar surface area (TPSA) is 69.6 Å². The van der Waals surface area contributed by atoms with Crippen molar-refractivity contribution < 1.29 is 14.7 Å². The molecule has 0 aromatic heterocycles. The van der Waals surface area contributed by atoms with Crippen molar-refractivity contribution in [1.82, 2.24) is 10.2 Å². The predicted molar refractivity (Wildman–Crippen MR) is 130 cm³/mol. The minimum Gasteiger partial charge on any atom is -0.387 e. The van der Waals surface area contributed by atoms with Crippen LogP contribution in [0.25, 0.3) is 11.1 Å². The number of benzene rings is 3. The van der Waals surface area contributed by atoms with Gasteiger partial charge in [-0.05, 0) is 34.4 Å². The Hall–Kier alpha value is -3.41. The number of nitrogens with one attached hydrogen (secondary N) is 1. The highest BCUT2D eigenvalue weighted by Gasteiger charge is 2.37. The van der Waals surface area contributed by atoms with Crippen LogP contribution >= 0.6 is 11.6 Å². The molecule has 33 heavy (non-hydrogen) atoms. The van der Waals surface area contributed by atoms with Gasteiger partial charge in [-0.25, -0.2) is 0 Å². The lowest BCUT2D eigenvalue weighted by Gasteiger charge is -2.24. The number of hydrogen-bond donors (Lipinski definition) is 2. The number of amides is 2. The summed E-state index contributed by atoms with van der Waals surface area (Å²) in [5, 5.41) is 13.1. The van der Waals surface area contributed by atoms with E-state index in [-0.39, 0.29) is 18.4 Å². The summed E-state index contributed by atoms with van der Waals surface area (Å²) < 4.78 is 0. The molecule has 2 atom stereocenters. The van der Waals surface area contributed by atoms with Gasteiger partial charge in [-0.15, -0.1) is 0 Å². The quantitative estimate of drug-likeness (QED) is 0.567. The molecule has 2 amide bonds. The van der Waals surface area contributed by atoms with Crippen molar-refractivity contribution in [3.63, 3.8) is 0 Å². The molecule has 0 aliphatic carbocycles. The summed E-state index contributed by atoms with van der Waals surface area (Å²) in [5.41, 5.74) is 5.56. The van der Waals surface area contributed by atoms with Gasteiger partial charge in [-0.2, -0.15) is 0 Å². The Kier molecular flexibility index (Phi) is 7.23. The molecule has 1 fully saturated rings. The average molecular weight is 461 g/mol. The summed E-state index contributed by atoms with van der Waals surface area (Å²) in [4.78, 5) is 27.7. The van der Waals surface area contributed by atoms with Crippen LogP contribution in [0.2, 0.25) is 0 Å². The Balaban J connectivity index is 1.46. The molecule has 3 aromatic carbocycles. The molecule has 0 radical (unpaired) electrons. The highest BCUT2D eigenvalue weighted by molar-refractivity contribution is 6.25. The SMILES string of the molecule is O=C(NCC(O)c1ccccc1)C1C/C(=C\Cl)CN1C(=O)c1ccc(-c2ccccc2)cc1. The molecule has 5 nitrogen and oxygen atoms in total. The normalized spacial score (nSPS) is 17.7. The van der Waals surface area contributed by atoms with Crippen LogP contribution in [0.4, 0.5) is 0 Å². The Morgan fingerprint density at radius 2 is 1.58 bits per heavy atom. The number of halogens is 1. The van der Waals surface area contributed by atoms with E-state index in [0.717, 1.165) is 22.3 Å². The first kappa shape index (κ1) is 22.8. The number of likely N-dealkylation sites (tertiary alicyclic amines) is 1. The smallest absolute Gasteiger partial charge is 0.254 e. The molecule has 1 aliphatic rings. The molecule has 2 unspecified atom stereocenters. The summed E-state index contributed by atoms with van der Waals surface area (Å²) in [6.07, 6.45) is -0.459. The van der Waals surface area contributed by atoms with Gasteiger partial charge in [0.15, 0.2) is 0 Å². The second-order valence-corrected chi connectivity index (χ2v) is 8.25. The van der Waals surface area contributed by atoms with Gasteiger partial charge in [0.1, 0.15) is 6.04 Å². The molecule has 4 rings (SSSR count). The Morgan fingerprint density at radius 1 is 0.970 bits per heavy atom. The maximum Gasteiger partial charge on any atom is 0.254 e. The number of aliphatic hydroxyl groups excluding tert-OH is 1. The van der Waals surface area contributed by atoms with Crippen molar-refractivity contribution in [1.29, 1.82) is 0 Å². The number of carbonyl (C=O) groups is 2. The second-order valence-electron chi connectivity index (χ2n) is 8.04. The van der Waals surface area contributed by atoms with Crippen molar-refractivity contribution in [3.8, 4) is 11.1 Å². The fourth-order valence-electron chi connectivity index (χ4n) is 3.99. The van der Waals surface area contributed by atoms with Crippen molar-refractivity contribution in [2.24, 2.45) is 0 Å². The third-order valence-corrected chi connectivity index (χ3v) is 6.12. The summed E-state index contributed by atoms with van der Waals surface area (Å²) in [5.74, 6) is -0.542. The van der Waals surface area contributed by atoms with Gasteiger partial charge in [0.05, 0.1) is 6.10 Å². The van der Waals surface area contributed by atoms with E-state index in [1.165, 1.54) is 10.4 Å². The molecular weight excluding hydrogens is 436 g/mol. The highest BCUT2D eigenvalue weighted by Crippen LogP contribution is 2.27. The van der Waals surface area contributed by atoms with Crippen molar-refractivity contribution in [2.75, 3.05) is 13.1 Å². The van der Waals surface area contributed by atoms with E-state index in [0.29, 0.717) is 18.5 Å². The molecule has 0 spiro atoms. The highest BCUT2D eigenvalue weighted by atomic mass is 35.5. The van der Waals surface area contributed by atoms with Crippen LogP contribution in [0.3, 0.4) is 0 Å². The number of rotatable bonds is 6. The first-order chi connectivity index (χ1) is 16.1. The minimum atomic E-state index is -0.825. The molecule has 1 saturated heterocycles. The Morgan fingerprint density at radius 3 is 2.21 bits per heavy atom. The van der Waals surface area contributed by atoms with Crippen molar-refractivity contribution in [2.45, 2.75) is 18.6 Å². The van der Waals surface area contributed by atoms with Crippen molar-refractivity contribution >= 4 is 23.4 Å². The number of carbonyl (C=O) groups excluding carboxylic acids is 2. The first-order valence-corrected chi connectivity index (χ1v) is 11.3. The standard InChI is InChI=1S/C27H25ClN2O3/c28-16-19-15-24(26(32)29-17-25(31)22-9-5-2-6-10-22)30(18-19)27(33)23-13-11-21(12-14-23)20-7-3-1-4-8-20/h1-14,16,24-25,31H,15,17-18H2,(H,29,32)/b19-16+. The van der Waals surface area contributed by atoms with Crippen LogP contribution in [-0.2, 0) is 4.79 Å². The first-order valence-electron chi connectivity index (χ1n) is 10.8. The van der Waals surface area contributed by atoms with E-state index in [4.69, 9.17) is 11.6 Å². The van der Waals surface area contributed by atoms with Crippen LogP contribution in [-0.4, -0.2) is 41.0 Å². The van der Waals surface area contributed by atoms with Crippen LogP contribution in [0.1, 0.15) is 28.4 Å². The monoisotopic (exact) mass is 460 g/mol. The van der Waals surface area contributed by atoms with Gasteiger partial charge in [-0.1, -0.05) is 84.4 Å². The lowest BCUT2D eigenvalue weighted by molar-refractivity contribution is -0.125. The summed E-state index contributed by atoms with van der Waals surface area (Å²) >= 11 is 5.92. The van der Waals surface area contributed by atoms with E-state index >= 15 is 0 Å². The predicted octanol–water partition coefficient (Wildman–Crippen LogP) is 4.54. The lowest BCUT2D eigenvalue weighted by Crippen LogP contribution is -2.46. The average Bonchev–Trinajstić information content (AvgIpc) is 3.32. The molecule has 3 aromatic rings. The molecular formula is C27H25ClN2O3. The molecule has 0 bridgehead atoms. The van der Waals surface area contributed by atoms with E-state index in [1.54, 1.807) is 24.3 Å². The third kappa shape index (κ3) is 5.33. The molecule has 6 heteroatoms. The largest absolute Gasteiger partial charge is 0.387 e. The summed E-state index contributed by atoms with van der Waals surface area (Å²) in [6.45, 7) is 0.356. The maximum atomic E-state index is 13.3. The van der Waals surface area contributed by atoms with Crippen LogP contribution < -0.4 is 5.32 Å². The number of aliphatic hydroxyl groups is 1. The maximum absolute atomic E-state index is 13.3. The number of hydrogen-bond acceptors (Lipinski definition) is 3. The molecule has 0 saturated carbocycles. The van der Waals surface area contributed by atoms with Crippen LogP contribution in [0, 0.1) is 0 Å². The fourth-order valence-corrected chi connectivity index (χ4v) is 4.15. The van der Waals surface area contributed by atoms with Gasteiger partial charge < -0.3 is 15.3 Å². The molecule has 168 valence electrons. The van der Waals surface area contributed by atoms with Crippen LogP contribution in [0.5, 0.6) is 0 Å². The Labute approximate surface area is 198 Å². The van der Waals surface area contributed by atoms with E-state index in [2.05, 4.69) is 5.32 Å². The van der Waals surface area contributed by atoms with Gasteiger partial charge >= 0.3 is 0 Å². The van der Waals surface area contributed by atoms with Gasteiger partial charge in [0.2, 0.25) is 5.91 Å². The fraction of sp³-hybridized carbons (Fsp3) is 0.185. The zero-order valence-corrected chi connectivity index (χ0v) is 18.8. The summed E-state index contributed by atoms with van der Waals surface area (Å²) in [7, 11) is 0. The van der Waals surface area contributed by atoms with Gasteiger partial charge in [0, 0.05) is 30.6 Å². The third-order valence-electron chi connectivity index (χ3n) is 5.82. The van der Waals surface area contributed by atoms with Crippen LogP contribution in [0.15, 0.2) is 96.0 Å². The molecule has 1 aliphatic heterocycles. The lowest BCUT2D eigenvalue weighted by atomic mass is 10.0. The number of nitrogens with zero attached hydrogens (tertiary/aromatic N) is 1.